The molecule has 138 valence electrons. The van der Waals surface area contributed by atoms with E-state index in [-0.39, 0.29) is 11.8 Å². The molecule has 0 radical (unpaired) electrons. The Kier molecular flexibility index (Phi) is 5.48. The minimum atomic E-state index is -1.19. The number of para-hydroxylation sites is 3. The third-order valence-corrected chi connectivity index (χ3v) is 3.87. The number of nitrogens with zero attached hydrogens (tertiary/aromatic N) is 3. The maximum absolute atomic E-state index is 11.9. The van der Waals surface area contributed by atoms with E-state index in [0.29, 0.717) is 18.0 Å². The van der Waals surface area contributed by atoms with Gasteiger partial charge in [-0.3, -0.25) is 0 Å². The van der Waals surface area contributed by atoms with E-state index in [2.05, 4.69) is 15.3 Å². The van der Waals surface area contributed by atoms with Gasteiger partial charge < -0.3 is 20.9 Å². The Balaban J connectivity index is 1.98. The molecule has 0 aliphatic heterocycles. The number of carboxylic acid groups (broad SMARTS) is 1. The highest BCUT2D eigenvalue weighted by atomic mass is 16.5. The van der Waals surface area contributed by atoms with Gasteiger partial charge in [-0.05, 0) is 23.8 Å². The molecule has 0 aliphatic rings. The quantitative estimate of drug-likeness (QED) is 0.612. The van der Waals surface area contributed by atoms with Crippen molar-refractivity contribution in [3.63, 3.8) is 0 Å². The third kappa shape index (κ3) is 3.96. The van der Waals surface area contributed by atoms with Gasteiger partial charge in [0.15, 0.2) is 0 Å². The van der Waals surface area contributed by atoms with Crippen molar-refractivity contribution in [3.8, 4) is 5.75 Å². The van der Waals surface area contributed by atoms with Crippen LogP contribution in [0.4, 0.5) is 27.9 Å². The van der Waals surface area contributed by atoms with E-state index in [4.69, 9.17) is 10.5 Å². The third-order valence-electron chi connectivity index (χ3n) is 3.87. The fourth-order valence-corrected chi connectivity index (χ4v) is 2.61. The molecule has 0 atom stereocenters. The van der Waals surface area contributed by atoms with Crippen LogP contribution in [-0.2, 0) is 6.54 Å². The Morgan fingerprint density at radius 3 is 2.67 bits per heavy atom. The molecule has 4 N–H and O–H groups in total. The Morgan fingerprint density at radius 2 is 1.93 bits per heavy atom. The van der Waals surface area contributed by atoms with Gasteiger partial charge in [0.25, 0.3) is 0 Å². The fourth-order valence-electron chi connectivity index (χ4n) is 2.61. The molecule has 8 nitrogen and oxygen atoms in total. The lowest BCUT2D eigenvalue weighted by atomic mass is 10.2. The van der Waals surface area contributed by atoms with Gasteiger partial charge in [0.1, 0.15) is 11.6 Å². The molecule has 0 aliphatic carbocycles. The Hall–Kier alpha value is -3.65. The summed E-state index contributed by atoms with van der Waals surface area (Å²) in [5, 5.41) is 12.8. The second kappa shape index (κ2) is 8.15. The predicted octanol–water partition coefficient (Wildman–Crippen LogP) is 3.50. The smallest absolute Gasteiger partial charge is 0.417 e. The Bertz CT molecular complexity index is 948. The van der Waals surface area contributed by atoms with Crippen molar-refractivity contribution in [1.82, 2.24) is 9.97 Å². The first-order chi connectivity index (χ1) is 13.1. The van der Waals surface area contributed by atoms with E-state index in [0.717, 1.165) is 16.2 Å². The summed E-state index contributed by atoms with van der Waals surface area (Å²) in [4.78, 5) is 21.5. The largest absolute Gasteiger partial charge is 0.495 e. The van der Waals surface area contributed by atoms with Crippen LogP contribution in [0.3, 0.4) is 0 Å². The summed E-state index contributed by atoms with van der Waals surface area (Å²) < 4.78 is 5.28. The second-order valence-electron chi connectivity index (χ2n) is 5.51. The van der Waals surface area contributed by atoms with Crippen molar-refractivity contribution in [3.05, 3.63) is 66.4 Å². The van der Waals surface area contributed by atoms with Crippen LogP contribution in [0, 0.1) is 0 Å². The van der Waals surface area contributed by atoms with Crippen LogP contribution in [-0.4, -0.2) is 28.3 Å². The lowest BCUT2D eigenvalue weighted by Crippen LogP contribution is -2.25. The topological polar surface area (TPSA) is 114 Å². The van der Waals surface area contributed by atoms with Gasteiger partial charge >= 0.3 is 6.09 Å². The first kappa shape index (κ1) is 18.2. The number of nitrogens with one attached hydrogen (secondary N) is 1. The van der Waals surface area contributed by atoms with E-state index >= 15 is 0 Å². The minimum absolute atomic E-state index is 0.190. The molecule has 3 aromatic rings. The molecule has 0 unspecified atom stereocenters. The van der Waals surface area contributed by atoms with Crippen molar-refractivity contribution in [2.45, 2.75) is 6.54 Å². The number of hydrogen-bond acceptors (Lipinski definition) is 6. The number of carbonyl (C=O) groups is 1. The minimum Gasteiger partial charge on any atom is -0.495 e. The summed E-state index contributed by atoms with van der Waals surface area (Å²) in [6.45, 7) is 0.353. The molecule has 0 spiro atoms. The summed E-state index contributed by atoms with van der Waals surface area (Å²) in [6.07, 6.45) is 0.299. The molecule has 0 saturated heterocycles. The molecule has 27 heavy (non-hydrogen) atoms. The molecule has 1 amide bonds. The number of rotatable bonds is 6. The molecule has 0 bridgehead atoms. The van der Waals surface area contributed by atoms with E-state index in [9.17, 15) is 9.90 Å². The van der Waals surface area contributed by atoms with Crippen LogP contribution in [0.2, 0.25) is 0 Å². The molecule has 3 rings (SSSR count). The van der Waals surface area contributed by atoms with E-state index in [1.807, 2.05) is 24.3 Å². The van der Waals surface area contributed by atoms with Crippen molar-refractivity contribution in [1.29, 1.82) is 0 Å². The molecular formula is C19H19N5O3. The van der Waals surface area contributed by atoms with Gasteiger partial charge in [0.05, 0.1) is 12.8 Å². The zero-order chi connectivity index (χ0) is 19.2. The van der Waals surface area contributed by atoms with Crippen LogP contribution in [0.25, 0.3) is 0 Å². The van der Waals surface area contributed by atoms with E-state index < -0.39 is 6.09 Å². The molecule has 8 heteroatoms. The highest BCUT2D eigenvalue weighted by Crippen LogP contribution is 2.33. The molecule has 0 fully saturated rings. The number of amides is 1. The number of benzene rings is 2. The molecule has 2 aromatic carbocycles. The van der Waals surface area contributed by atoms with E-state index in [1.165, 1.54) is 19.4 Å². The van der Waals surface area contributed by atoms with Crippen LogP contribution in [0.5, 0.6) is 5.75 Å². The lowest BCUT2D eigenvalue weighted by molar-refractivity contribution is 0.204. The number of hydrogen-bond donors (Lipinski definition) is 3. The van der Waals surface area contributed by atoms with Crippen LogP contribution in [0.1, 0.15) is 5.56 Å². The van der Waals surface area contributed by atoms with Crippen molar-refractivity contribution in [2.75, 3.05) is 17.3 Å². The van der Waals surface area contributed by atoms with Crippen LogP contribution < -0.4 is 20.7 Å². The highest BCUT2D eigenvalue weighted by molar-refractivity contribution is 5.95. The fraction of sp³-hybridized carbons (Fsp3) is 0.105. The van der Waals surface area contributed by atoms with E-state index in [1.54, 1.807) is 24.3 Å². The van der Waals surface area contributed by atoms with Gasteiger partial charge in [-0.1, -0.05) is 30.3 Å². The van der Waals surface area contributed by atoms with Crippen molar-refractivity contribution < 1.29 is 14.6 Å². The summed E-state index contributed by atoms with van der Waals surface area (Å²) >= 11 is 0. The monoisotopic (exact) mass is 365 g/mol. The predicted molar refractivity (Wildman–Crippen MR) is 103 cm³/mol. The summed E-state index contributed by atoms with van der Waals surface area (Å²) in [6, 6.07) is 15.8. The number of methoxy groups -OCH3 is 1. The summed E-state index contributed by atoms with van der Waals surface area (Å²) in [5.74, 6) is 0.866. The zero-order valence-corrected chi connectivity index (χ0v) is 14.7. The highest BCUT2D eigenvalue weighted by Gasteiger charge is 2.22. The number of ether oxygens (including phenoxy) is 1. The van der Waals surface area contributed by atoms with Gasteiger partial charge in [-0.25, -0.2) is 14.7 Å². The SMILES string of the molecule is COc1ccccc1N(C(=O)O)c1ccnc(Nc2ccccc2CN)n1. The maximum atomic E-state index is 11.9. The number of nitrogens with two attached hydrogens (primary N) is 1. The van der Waals surface area contributed by atoms with Crippen LogP contribution in [0.15, 0.2) is 60.8 Å². The van der Waals surface area contributed by atoms with Crippen LogP contribution >= 0.6 is 0 Å². The first-order valence-corrected chi connectivity index (χ1v) is 8.18. The maximum Gasteiger partial charge on any atom is 0.417 e. The van der Waals surface area contributed by atoms with Gasteiger partial charge in [-0.2, -0.15) is 4.98 Å². The summed E-state index contributed by atoms with van der Waals surface area (Å²) in [5.41, 5.74) is 7.77. The van der Waals surface area contributed by atoms with Crippen molar-refractivity contribution >= 4 is 29.2 Å². The van der Waals surface area contributed by atoms with Gasteiger partial charge in [0, 0.05) is 24.5 Å². The molecular weight excluding hydrogens is 346 g/mol. The lowest BCUT2D eigenvalue weighted by Gasteiger charge is -2.21. The Labute approximate surface area is 156 Å². The van der Waals surface area contributed by atoms with Gasteiger partial charge in [-0.15, -0.1) is 0 Å². The average Bonchev–Trinajstić information content (AvgIpc) is 2.69. The average molecular weight is 365 g/mol. The zero-order valence-electron chi connectivity index (χ0n) is 14.7. The number of anilines is 4. The number of aromatic nitrogens is 2. The second-order valence-corrected chi connectivity index (χ2v) is 5.51. The molecule has 1 aromatic heterocycles. The molecule has 1 heterocycles. The Morgan fingerprint density at radius 1 is 1.19 bits per heavy atom. The molecule has 0 saturated carbocycles. The standard InChI is InChI=1S/C19H19N5O3/c1-27-16-9-5-4-8-15(16)24(19(25)26)17-10-11-21-18(23-17)22-14-7-3-2-6-13(14)12-20/h2-11H,12,20H2,1H3,(H,25,26)(H,21,22,23). The van der Waals surface area contributed by atoms with Crippen molar-refractivity contribution in [2.24, 2.45) is 5.73 Å². The normalized spacial score (nSPS) is 10.3. The van der Waals surface area contributed by atoms with Gasteiger partial charge in [0.2, 0.25) is 5.95 Å². The first-order valence-electron chi connectivity index (χ1n) is 8.18. The summed E-state index contributed by atoms with van der Waals surface area (Å²) in [7, 11) is 1.48.